The molecule has 2 atom stereocenters. The van der Waals surface area contributed by atoms with Crippen LogP contribution in [0.5, 0.6) is 0 Å². The summed E-state index contributed by atoms with van der Waals surface area (Å²) in [6, 6.07) is 0. The first-order chi connectivity index (χ1) is 8.42. The van der Waals surface area contributed by atoms with Gasteiger partial charge in [-0.05, 0) is 31.6 Å². The predicted octanol–water partition coefficient (Wildman–Crippen LogP) is 4.20. The van der Waals surface area contributed by atoms with E-state index in [0.717, 1.165) is 12.8 Å². The molecule has 0 aliphatic rings. The van der Waals surface area contributed by atoms with Gasteiger partial charge in [0.05, 0.1) is 6.61 Å². The van der Waals surface area contributed by atoms with Crippen molar-refractivity contribution in [2.45, 2.75) is 33.6 Å². The minimum absolute atomic E-state index is 0.0880. The van der Waals surface area contributed by atoms with E-state index in [9.17, 15) is 4.79 Å². The van der Waals surface area contributed by atoms with Crippen molar-refractivity contribution in [2.24, 2.45) is 17.8 Å². The van der Waals surface area contributed by atoms with Crippen LogP contribution < -0.4 is 0 Å². The largest absolute Gasteiger partial charge is 0.464 e. The second-order valence-corrected chi connectivity index (χ2v) is 5.39. The molecule has 0 aliphatic carbocycles. The summed E-state index contributed by atoms with van der Waals surface area (Å²) in [5, 5.41) is 0. The second-order valence-electron chi connectivity index (χ2n) is 5.12. The van der Waals surface area contributed by atoms with Gasteiger partial charge in [-0.2, -0.15) is 0 Å². The van der Waals surface area contributed by atoms with Crippen molar-refractivity contribution >= 4 is 17.6 Å². The maximum absolute atomic E-state index is 11.1. The number of halogens is 1. The Labute approximate surface area is 116 Å². The van der Waals surface area contributed by atoms with Crippen molar-refractivity contribution in [2.75, 3.05) is 12.5 Å². The van der Waals surface area contributed by atoms with Gasteiger partial charge < -0.3 is 4.74 Å². The molecule has 0 aromatic heterocycles. The van der Waals surface area contributed by atoms with Crippen LogP contribution in [0.15, 0.2) is 24.8 Å². The highest BCUT2D eigenvalue weighted by Crippen LogP contribution is 2.27. The molecule has 0 rings (SSSR count). The molecule has 3 heteroatoms. The molecule has 0 bridgehead atoms. The van der Waals surface area contributed by atoms with E-state index < -0.39 is 0 Å². The molecule has 0 heterocycles. The fourth-order valence-corrected chi connectivity index (χ4v) is 2.04. The average Bonchev–Trinajstić information content (AvgIpc) is 2.31. The van der Waals surface area contributed by atoms with Crippen LogP contribution in [0.2, 0.25) is 0 Å². The normalized spacial score (nSPS) is 14.1. The Morgan fingerprint density at radius 2 is 2.06 bits per heavy atom. The van der Waals surface area contributed by atoms with Gasteiger partial charge in [0.2, 0.25) is 0 Å². The predicted molar refractivity (Wildman–Crippen MR) is 77.7 cm³/mol. The van der Waals surface area contributed by atoms with E-state index in [0.29, 0.717) is 18.4 Å². The van der Waals surface area contributed by atoms with Crippen LogP contribution in [0, 0.1) is 17.8 Å². The Morgan fingerprint density at radius 1 is 1.44 bits per heavy atom. The molecule has 104 valence electrons. The minimum atomic E-state index is -0.356. The molecule has 2 nitrogen and oxygen atoms in total. The van der Waals surface area contributed by atoms with Gasteiger partial charge in [0, 0.05) is 5.92 Å². The van der Waals surface area contributed by atoms with Gasteiger partial charge in [-0.3, -0.25) is 4.79 Å². The number of rotatable bonds is 9. The molecular weight excluding hydrogens is 248 g/mol. The molecule has 0 aromatic carbocycles. The number of carbonyl (C=O) groups is 1. The number of ether oxygens (including phenoxy) is 1. The summed E-state index contributed by atoms with van der Waals surface area (Å²) in [5.74, 6) is 0.611. The molecular formula is C15H25ClO2. The van der Waals surface area contributed by atoms with Crippen LogP contribution in [0.4, 0.5) is 0 Å². The van der Waals surface area contributed by atoms with Crippen LogP contribution in [0.3, 0.4) is 0 Å². The molecule has 0 amide bonds. The number of hydrogen-bond donors (Lipinski definition) is 0. The van der Waals surface area contributed by atoms with Crippen LogP contribution in [0.25, 0.3) is 0 Å². The maximum Gasteiger partial charge on any atom is 0.320 e. The van der Waals surface area contributed by atoms with Crippen LogP contribution >= 0.6 is 11.6 Å². The Bertz CT molecular complexity index is 284. The second kappa shape index (κ2) is 9.21. The zero-order valence-electron chi connectivity index (χ0n) is 11.7. The van der Waals surface area contributed by atoms with Crippen LogP contribution in [-0.4, -0.2) is 18.5 Å². The summed E-state index contributed by atoms with van der Waals surface area (Å²) in [6.45, 7) is 14.5. The highest BCUT2D eigenvalue weighted by molar-refractivity contribution is 6.26. The fourth-order valence-electron chi connectivity index (χ4n) is 1.96. The molecule has 0 aliphatic heterocycles. The molecule has 0 radical (unpaired) electrons. The first kappa shape index (κ1) is 17.2. The van der Waals surface area contributed by atoms with Crippen molar-refractivity contribution in [1.29, 1.82) is 0 Å². The number of hydrogen-bond acceptors (Lipinski definition) is 2. The summed E-state index contributed by atoms with van der Waals surface area (Å²) in [6.07, 6.45) is 3.94. The molecule has 0 spiro atoms. The van der Waals surface area contributed by atoms with Gasteiger partial charge in [-0.1, -0.05) is 25.5 Å². The van der Waals surface area contributed by atoms with Crippen molar-refractivity contribution in [3.05, 3.63) is 24.8 Å². The van der Waals surface area contributed by atoms with Gasteiger partial charge in [0.15, 0.2) is 0 Å². The van der Waals surface area contributed by atoms with Crippen molar-refractivity contribution in [3.8, 4) is 0 Å². The van der Waals surface area contributed by atoms with Gasteiger partial charge in [0.25, 0.3) is 0 Å². The number of carbonyl (C=O) groups excluding carboxylic acids is 1. The minimum Gasteiger partial charge on any atom is -0.464 e. The monoisotopic (exact) mass is 272 g/mol. The van der Waals surface area contributed by atoms with E-state index in [1.54, 1.807) is 0 Å². The van der Waals surface area contributed by atoms with E-state index in [4.69, 9.17) is 16.3 Å². The number of alkyl halides is 1. The highest BCUT2D eigenvalue weighted by Gasteiger charge is 2.23. The summed E-state index contributed by atoms with van der Waals surface area (Å²) >= 11 is 5.42. The van der Waals surface area contributed by atoms with E-state index in [1.807, 2.05) is 13.0 Å². The molecule has 0 saturated heterocycles. The smallest absolute Gasteiger partial charge is 0.320 e. The molecule has 0 fully saturated rings. The van der Waals surface area contributed by atoms with Gasteiger partial charge >= 0.3 is 5.97 Å². The van der Waals surface area contributed by atoms with Crippen LogP contribution in [-0.2, 0) is 9.53 Å². The lowest BCUT2D eigenvalue weighted by molar-refractivity contribution is -0.142. The van der Waals surface area contributed by atoms with Crippen molar-refractivity contribution in [1.82, 2.24) is 0 Å². The molecule has 18 heavy (non-hydrogen) atoms. The SMILES string of the molecule is C=C[C@H](CCC(=C)C)[C@H](COC(=O)CCl)C(C)C. The van der Waals surface area contributed by atoms with E-state index in [2.05, 4.69) is 27.0 Å². The molecule has 0 N–H and O–H groups in total. The van der Waals surface area contributed by atoms with Gasteiger partial charge in [0.1, 0.15) is 5.88 Å². The van der Waals surface area contributed by atoms with E-state index >= 15 is 0 Å². The highest BCUT2D eigenvalue weighted by atomic mass is 35.5. The van der Waals surface area contributed by atoms with Crippen LogP contribution in [0.1, 0.15) is 33.6 Å². The third-order valence-corrected chi connectivity index (χ3v) is 3.38. The Kier molecular flexibility index (Phi) is 8.82. The average molecular weight is 273 g/mol. The standard InChI is InChI=1S/C15H25ClO2/c1-6-13(8-7-11(2)3)14(12(4)5)10-18-15(17)9-16/h6,12-14H,1-2,7-10H2,3-5H3/t13-,14-/m1/s1. The first-order valence-electron chi connectivity index (χ1n) is 6.40. The Balaban J connectivity index is 4.47. The third-order valence-electron chi connectivity index (χ3n) is 3.16. The van der Waals surface area contributed by atoms with E-state index in [-0.39, 0.29) is 17.8 Å². The molecule has 0 unspecified atom stereocenters. The lowest BCUT2D eigenvalue weighted by atomic mass is 9.81. The topological polar surface area (TPSA) is 26.3 Å². The lowest BCUT2D eigenvalue weighted by Gasteiger charge is -2.27. The molecule has 0 aromatic rings. The zero-order valence-corrected chi connectivity index (χ0v) is 12.5. The Hall–Kier alpha value is -0.760. The summed E-state index contributed by atoms with van der Waals surface area (Å²) in [5.41, 5.74) is 1.17. The number of allylic oxidation sites excluding steroid dienone is 2. The van der Waals surface area contributed by atoms with E-state index in [1.165, 1.54) is 5.57 Å². The van der Waals surface area contributed by atoms with Crippen molar-refractivity contribution in [3.63, 3.8) is 0 Å². The third kappa shape index (κ3) is 6.85. The summed E-state index contributed by atoms with van der Waals surface area (Å²) in [7, 11) is 0. The Morgan fingerprint density at radius 3 is 2.44 bits per heavy atom. The quantitative estimate of drug-likeness (QED) is 0.357. The van der Waals surface area contributed by atoms with Gasteiger partial charge in [-0.25, -0.2) is 0 Å². The fraction of sp³-hybridized carbons (Fsp3) is 0.667. The number of esters is 1. The first-order valence-corrected chi connectivity index (χ1v) is 6.94. The zero-order chi connectivity index (χ0) is 14.1. The summed E-state index contributed by atoms with van der Waals surface area (Å²) < 4.78 is 5.16. The van der Waals surface area contributed by atoms with Gasteiger partial charge in [-0.15, -0.1) is 24.8 Å². The maximum atomic E-state index is 11.1. The summed E-state index contributed by atoms with van der Waals surface area (Å²) in [4.78, 5) is 11.1. The lowest BCUT2D eigenvalue weighted by Crippen LogP contribution is -2.26. The van der Waals surface area contributed by atoms with Crippen molar-refractivity contribution < 1.29 is 9.53 Å². The molecule has 0 saturated carbocycles.